The third kappa shape index (κ3) is 3.24. The Morgan fingerprint density at radius 3 is 2.69 bits per heavy atom. The summed E-state index contributed by atoms with van der Waals surface area (Å²) in [7, 11) is 0. The molecule has 2 aromatic heterocycles. The normalized spacial score (nSPS) is 14.5. The van der Waals surface area contributed by atoms with E-state index in [4.69, 9.17) is 0 Å². The van der Waals surface area contributed by atoms with Crippen LogP contribution in [0.1, 0.15) is 24.1 Å². The SMILES string of the molecule is Cc1cc(NSc2ccc(C3(C#N)CC3)cc2)n(-c2cccc3ncccc23)n1. The molecule has 2 aromatic carbocycles. The van der Waals surface area contributed by atoms with Gasteiger partial charge in [-0.25, -0.2) is 4.68 Å². The molecule has 1 saturated carbocycles. The van der Waals surface area contributed by atoms with Crippen LogP contribution in [-0.2, 0) is 5.41 Å². The molecular weight excluding hydrogens is 378 g/mol. The number of fused-ring (bicyclic) bond motifs is 1. The predicted molar refractivity (Wildman–Crippen MR) is 116 cm³/mol. The van der Waals surface area contributed by atoms with E-state index in [9.17, 15) is 5.26 Å². The minimum Gasteiger partial charge on any atom is -0.310 e. The summed E-state index contributed by atoms with van der Waals surface area (Å²) < 4.78 is 5.36. The molecule has 1 aliphatic carbocycles. The lowest BCUT2D eigenvalue weighted by atomic mass is 9.98. The van der Waals surface area contributed by atoms with E-state index in [0.717, 1.165) is 51.4 Å². The minimum atomic E-state index is -0.241. The Hall–Kier alpha value is -3.30. The van der Waals surface area contributed by atoms with Gasteiger partial charge in [-0.2, -0.15) is 10.4 Å². The van der Waals surface area contributed by atoms with Crippen LogP contribution in [0.25, 0.3) is 16.6 Å². The van der Waals surface area contributed by atoms with Crippen molar-refractivity contribution in [2.75, 3.05) is 4.72 Å². The fourth-order valence-corrected chi connectivity index (χ4v) is 4.21. The number of aryl methyl sites for hydroxylation is 1. The average Bonchev–Trinajstić information content (AvgIpc) is 3.48. The summed E-state index contributed by atoms with van der Waals surface area (Å²) in [5.74, 6) is 0.906. The van der Waals surface area contributed by atoms with Crippen LogP contribution in [0.3, 0.4) is 0 Å². The summed E-state index contributed by atoms with van der Waals surface area (Å²) in [5.41, 5.74) is 3.75. The highest BCUT2D eigenvalue weighted by Crippen LogP contribution is 2.47. The van der Waals surface area contributed by atoms with Crippen LogP contribution in [0.15, 0.2) is 71.8 Å². The van der Waals surface area contributed by atoms with Crippen LogP contribution >= 0.6 is 11.9 Å². The lowest BCUT2D eigenvalue weighted by Crippen LogP contribution is -2.03. The molecule has 1 N–H and O–H groups in total. The van der Waals surface area contributed by atoms with E-state index in [1.807, 2.05) is 35.9 Å². The summed E-state index contributed by atoms with van der Waals surface area (Å²) in [5, 5.41) is 15.1. The second kappa shape index (κ2) is 6.94. The number of pyridine rings is 1. The summed E-state index contributed by atoms with van der Waals surface area (Å²) in [6.07, 6.45) is 3.73. The van der Waals surface area contributed by atoms with Crippen molar-refractivity contribution in [1.29, 1.82) is 5.26 Å². The van der Waals surface area contributed by atoms with Crippen molar-refractivity contribution in [2.45, 2.75) is 30.1 Å². The predicted octanol–water partition coefficient (Wildman–Crippen LogP) is 5.40. The van der Waals surface area contributed by atoms with E-state index in [-0.39, 0.29) is 5.41 Å². The van der Waals surface area contributed by atoms with Crippen molar-refractivity contribution in [2.24, 2.45) is 0 Å². The van der Waals surface area contributed by atoms with E-state index < -0.39 is 0 Å². The first-order valence-corrected chi connectivity index (χ1v) is 10.4. The van der Waals surface area contributed by atoms with Crippen LogP contribution < -0.4 is 4.72 Å². The highest BCUT2D eigenvalue weighted by molar-refractivity contribution is 8.00. The summed E-state index contributed by atoms with van der Waals surface area (Å²) in [4.78, 5) is 5.54. The van der Waals surface area contributed by atoms with Crippen LogP contribution in [0.5, 0.6) is 0 Å². The molecule has 0 unspecified atom stereocenters. The molecule has 142 valence electrons. The van der Waals surface area contributed by atoms with Gasteiger partial charge in [0.2, 0.25) is 0 Å². The molecule has 0 amide bonds. The molecule has 2 heterocycles. The molecule has 0 aliphatic heterocycles. The first-order chi connectivity index (χ1) is 14.2. The third-order valence-electron chi connectivity index (χ3n) is 5.33. The number of nitriles is 1. The van der Waals surface area contributed by atoms with E-state index in [1.165, 1.54) is 11.9 Å². The maximum absolute atomic E-state index is 9.37. The summed E-state index contributed by atoms with van der Waals surface area (Å²) in [6, 6.07) is 22.8. The first kappa shape index (κ1) is 17.8. The summed E-state index contributed by atoms with van der Waals surface area (Å²) >= 11 is 1.54. The van der Waals surface area contributed by atoms with Crippen LogP contribution in [0, 0.1) is 18.3 Å². The number of hydrogen-bond acceptors (Lipinski definition) is 5. The standard InChI is InChI=1S/C23H19N5S/c1-16-14-22(27-29-18-9-7-17(8-10-18)23(15-24)11-12-23)28(26-16)21-6-2-5-20-19(21)4-3-13-25-20/h2-10,13-14,27H,11-12H2,1H3. The number of aromatic nitrogens is 3. The van der Waals surface area contributed by atoms with Gasteiger partial charge in [0.1, 0.15) is 5.82 Å². The molecule has 0 atom stereocenters. The molecule has 1 fully saturated rings. The van der Waals surface area contributed by atoms with Crippen molar-refractivity contribution < 1.29 is 0 Å². The molecule has 0 saturated heterocycles. The van der Waals surface area contributed by atoms with Crippen molar-refractivity contribution in [3.05, 3.63) is 78.1 Å². The third-order valence-corrected chi connectivity index (χ3v) is 6.15. The summed E-state index contributed by atoms with van der Waals surface area (Å²) in [6.45, 7) is 1.99. The molecular formula is C23H19N5S. The van der Waals surface area contributed by atoms with Crippen molar-refractivity contribution in [3.8, 4) is 11.8 Å². The smallest absolute Gasteiger partial charge is 0.140 e. The zero-order valence-corrected chi connectivity index (χ0v) is 16.8. The molecule has 1 aliphatic rings. The Bertz CT molecular complexity index is 1230. The fraction of sp³-hybridized carbons (Fsp3) is 0.174. The molecule has 5 nitrogen and oxygen atoms in total. The Balaban J connectivity index is 1.41. The maximum atomic E-state index is 9.37. The monoisotopic (exact) mass is 397 g/mol. The zero-order valence-electron chi connectivity index (χ0n) is 16.0. The lowest BCUT2D eigenvalue weighted by molar-refractivity contribution is 0.878. The molecule has 4 aromatic rings. The number of anilines is 1. The van der Waals surface area contributed by atoms with Crippen molar-refractivity contribution >= 4 is 28.7 Å². The molecule has 6 heteroatoms. The lowest BCUT2D eigenvalue weighted by Gasteiger charge is -2.12. The van der Waals surface area contributed by atoms with Gasteiger partial charge in [0.15, 0.2) is 0 Å². The molecule has 5 rings (SSSR count). The Morgan fingerprint density at radius 2 is 1.93 bits per heavy atom. The van der Waals surface area contributed by atoms with Crippen molar-refractivity contribution in [1.82, 2.24) is 14.8 Å². The highest BCUT2D eigenvalue weighted by Gasteiger charge is 2.44. The van der Waals surface area contributed by atoms with Crippen LogP contribution in [-0.4, -0.2) is 14.8 Å². The van der Waals surface area contributed by atoms with Gasteiger partial charge in [0.25, 0.3) is 0 Å². The second-order valence-corrected chi connectivity index (χ2v) is 8.23. The van der Waals surface area contributed by atoms with Crippen LogP contribution in [0.2, 0.25) is 0 Å². The van der Waals surface area contributed by atoms with Gasteiger partial charge >= 0.3 is 0 Å². The molecule has 0 bridgehead atoms. The highest BCUT2D eigenvalue weighted by atomic mass is 32.2. The van der Waals surface area contributed by atoms with Gasteiger partial charge in [-0.05, 0) is 73.7 Å². The van der Waals surface area contributed by atoms with Gasteiger partial charge in [0, 0.05) is 22.5 Å². The number of rotatable bonds is 5. The largest absolute Gasteiger partial charge is 0.310 e. The van der Waals surface area contributed by atoms with Gasteiger partial charge in [0.05, 0.1) is 28.4 Å². The molecule has 29 heavy (non-hydrogen) atoms. The first-order valence-electron chi connectivity index (χ1n) is 9.54. The Morgan fingerprint density at radius 1 is 1.10 bits per heavy atom. The Labute approximate surface area is 173 Å². The topological polar surface area (TPSA) is 66.5 Å². The van der Waals surface area contributed by atoms with E-state index in [0.29, 0.717) is 0 Å². The number of benzene rings is 2. The zero-order chi connectivity index (χ0) is 19.8. The quantitative estimate of drug-likeness (QED) is 0.457. The van der Waals surface area contributed by atoms with Gasteiger partial charge in [-0.15, -0.1) is 0 Å². The maximum Gasteiger partial charge on any atom is 0.140 e. The molecule has 0 radical (unpaired) electrons. The average molecular weight is 398 g/mol. The van der Waals surface area contributed by atoms with Gasteiger partial charge in [-0.3, -0.25) is 4.98 Å². The second-order valence-electron chi connectivity index (χ2n) is 7.35. The van der Waals surface area contributed by atoms with E-state index >= 15 is 0 Å². The molecule has 0 spiro atoms. The van der Waals surface area contributed by atoms with Gasteiger partial charge in [-0.1, -0.05) is 18.2 Å². The van der Waals surface area contributed by atoms with E-state index in [2.05, 4.69) is 57.3 Å². The number of hydrogen-bond donors (Lipinski definition) is 1. The Kier molecular flexibility index (Phi) is 4.26. The van der Waals surface area contributed by atoms with Gasteiger partial charge < -0.3 is 4.72 Å². The minimum absolute atomic E-state index is 0.241. The van der Waals surface area contributed by atoms with Crippen LogP contribution in [0.4, 0.5) is 5.82 Å². The van der Waals surface area contributed by atoms with E-state index in [1.54, 1.807) is 6.20 Å². The number of nitrogens with one attached hydrogen (secondary N) is 1. The number of nitrogens with zero attached hydrogens (tertiary/aromatic N) is 4. The van der Waals surface area contributed by atoms with Crippen molar-refractivity contribution in [3.63, 3.8) is 0 Å². The fourth-order valence-electron chi connectivity index (χ4n) is 3.57.